The van der Waals surface area contributed by atoms with Gasteiger partial charge in [0.25, 0.3) is 0 Å². The van der Waals surface area contributed by atoms with Crippen molar-refractivity contribution in [2.45, 2.75) is 88.7 Å². The number of ether oxygens (including phenoxy) is 6. The van der Waals surface area contributed by atoms with Crippen molar-refractivity contribution in [3.8, 4) is 0 Å². The van der Waals surface area contributed by atoms with Crippen molar-refractivity contribution in [2.24, 2.45) is 22.7 Å². The van der Waals surface area contributed by atoms with Crippen LogP contribution in [0.4, 0.5) is 0 Å². The van der Waals surface area contributed by atoms with Crippen LogP contribution < -0.4 is 0 Å². The molecule has 13 heteroatoms. The maximum atomic E-state index is 13.6. The molecule has 3 aliphatic heterocycles. The van der Waals surface area contributed by atoms with Crippen LogP contribution in [0.2, 0.25) is 0 Å². The Hall–Kier alpha value is -2.39. The topological polar surface area (TPSA) is 188 Å². The highest BCUT2D eigenvalue weighted by Crippen LogP contribution is 2.65. The smallest absolute Gasteiger partial charge is 0.340 e. The number of methoxy groups -OCH3 is 2. The summed E-state index contributed by atoms with van der Waals surface area (Å²) in [6.07, 6.45) is -5.54. The lowest BCUT2D eigenvalue weighted by Gasteiger charge is -2.62. The summed E-state index contributed by atoms with van der Waals surface area (Å²) in [7, 11) is 2.67. The van der Waals surface area contributed by atoms with Gasteiger partial charge < -0.3 is 48.8 Å². The molecule has 5 aliphatic rings. The van der Waals surface area contributed by atoms with E-state index < -0.39 is 90.5 Å². The molecule has 3 heterocycles. The molecule has 0 amide bonds. The number of esters is 3. The molecule has 5 rings (SSSR count). The Morgan fingerprint density at radius 3 is 2.46 bits per heavy atom. The third-order valence-electron chi connectivity index (χ3n) is 9.89. The second-order valence-corrected chi connectivity index (χ2v) is 11.9. The van der Waals surface area contributed by atoms with E-state index in [4.69, 9.17) is 28.4 Å². The van der Waals surface area contributed by atoms with Crippen molar-refractivity contribution >= 4 is 17.9 Å². The van der Waals surface area contributed by atoms with Crippen LogP contribution in [0.3, 0.4) is 0 Å². The molecular formula is C28H38O13. The highest BCUT2D eigenvalue weighted by Gasteiger charge is 2.66. The van der Waals surface area contributed by atoms with Gasteiger partial charge in [-0.2, -0.15) is 0 Å². The number of carbonyl (C=O) groups is 3. The Kier molecular flexibility index (Phi) is 8.09. The molecule has 13 nitrogen and oxygen atoms in total. The van der Waals surface area contributed by atoms with Gasteiger partial charge in [0.05, 0.1) is 31.3 Å². The number of allylic oxidation sites excluding steroid dienone is 1. The third-order valence-corrected chi connectivity index (χ3v) is 9.89. The van der Waals surface area contributed by atoms with Crippen LogP contribution in [0.5, 0.6) is 0 Å². The first-order valence-corrected chi connectivity index (χ1v) is 13.8. The quantitative estimate of drug-likeness (QED) is 0.232. The monoisotopic (exact) mass is 582 g/mol. The molecular weight excluding hydrogens is 544 g/mol. The Morgan fingerprint density at radius 2 is 1.83 bits per heavy atom. The lowest BCUT2D eigenvalue weighted by atomic mass is 9.44. The molecule has 12 atom stereocenters. The van der Waals surface area contributed by atoms with Crippen LogP contribution in [-0.4, -0.2) is 108 Å². The average molecular weight is 583 g/mol. The molecule has 0 radical (unpaired) electrons. The van der Waals surface area contributed by atoms with E-state index in [9.17, 15) is 34.8 Å². The lowest BCUT2D eigenvalue weighted by molar-refractivity contribution is -0.328. The van der Waals surface area contributed by atoms with Gasteiger partial charge in [-0.05, 0) is 43.1 Å². The summed E-state index contributed by atoms with van der Waals surface area (Å²) in [5.41, 5.74) is -1.27. The van der Waals surface area contributed by atoms with E-state index in [-0.39, 0.29) is 24.3 Å². The summed E-state index contributed by atoms with van der Waals surface area (Å²) in [5, 5.41) is 40.9. The summed E-state index contributed by atoms with van der Waals surface area (Å²) >= 11 is 0. The Morgan fingerprint density at radius 1 is 1.10 bits per heavy atom. The van der Waals surface area contributed by atoms with Crippen molar-refractivity contribution in [3.63, 3.8) is 0 Å². The molecule has 3 fully saturated rings. The molecule has 12 unspecified atom stereocenters. The number of rotatable bonds is 6. The van der Waals surface area contributed by atoms with E-state index in [1.165, 1.54) is 20.3 Å². The van der Waals surface area contributed by atoms with Gasteiger partial charge >= 0.3 is 17.9 Å². The number of hydrogen-bond acceptors (Lipinski definition) is 13. The summed E-state index contributed by atoms with van der Waals surface area (Å²) in [4.78, 5) is 39.4. The van der Waals surface area contributed by atoms with E-state index in [0.29, 0.717) is 18.4 Å². The van der Waals surface area contributed by atoms with Crippen LogP contribution in [0, 0.1) is 22.7 Å². The molecule has 0 bridgehead atoms. The normalized spacial score (nSPS) is 46.0. The number of aliphatic hydroxyl groups is 4. The molecule has 228 valence electrons. The first kappa shape index (κ1) is 30.1. The molecule has 41 heavy (non-hydrogen) atoms. The van der Waals surface area contributed by atoms with Gasteiger partial charge in [-0.15, -0.1) is 0 Å². The van der Waals surface area contributed by atoms with Gasteiger partial charge in [-0.25, -0.2) is 9.59 Å². The van der Waals surface area contributed by atoms with E-state index in [1.807, 2.05) is 13.8 Å². The minimum absolute atomic E-state index is 0.0581. The van der Waals surface area contributed by atoms with Crippen molar-refractivity contribution in [1.82, 2.24) is 0 Å². The first-order chi connectivity index (χ1) is 19.4. The fourth-order valence-corrected chi connectivity index (χ4v) is 7.70. The SMILES string of the molecule is COC(=O)C1=CCCC2C3(C)CC(C4=CC(OC)OC4=O)OC(=O)C3CC(OC3OC(CO)C(O)C(O)C3O)C12C. The lowest BCUT2D eigenvalue weighted by Crippen LogP contribution is -2.65. The predicted molar refractivity (Wildman–Crippen MR) is 135 cm³/mol. The standard InChI is InChI=1S/C28H38O13/c1-27-10-15(12-8-19(36-3)41-23(12)33)38-25(35)14(27)9-18(28(2)13(24(34)37-4)6-5-7-17(27)28)40-26-22(32)21(31)20(30)16(11-29)39-26/h6,8,14-22,26,29-32H,5,7,9-11H2,1-4H3. The summed E-state index contributed by atoms with van der Waals surface area (Å²) in [5.74, 6) is -2.80. The summed E-state index contributed by atoms with van der Waals surface area (Å²) in [6, 6.07) is 0. The third kappa shape index (κ3) is 4.71. The zero-order valence-electron chi connectivity index (χ0n) is 23.4. The number of hydrogen-bond donors (Lipinski definition) is 4. The minimum atomic E-state index is -1.67. The Bertz CT molecular complexity index is 1130. The van der Waals surface area contributed by atoms with Crippen LogP contribution in [0.25, 0.3) is 0 Å². The van der Waals surface area contributed by atoms with E-state index >= 15 is 0 Å². The maximum absolute atomic E-state index is 13.6. The summed E-state index contributed by atoms with van der Waals surface area (Å²) in [6.45, 7) is 3.15. The van der Waals surface area contributed by atoms with Crippen LogP contribution >= 0.6 is 0 Å². The zero-order chi connectivity index (χ0) is 29.9. The maximum Gasteiger partial charge on any atom is 0.340 e. The van der Waals surface area contributed by atoms with Gasteiger partial charge in [0.15, 0.2) is 6.29 Å². The van der Waals surface area contributed by atoms with Gasteiger partial charge in [0.1, 0.15) is 30.5 Å². The van der Waals surface area contributed by atoms with Gasteiger partial charge in [-0.1, -0.05) is 19.9 Å². The van der Waals surface area contributed by atoms with Crippen LogP contribution in [0.1, 0.15) is 39.5 Å². The van der Waals surface area contributed by atoms with Crippen LogP contribution in [-0.2, 0) is 42.8 Å². The number of fused-ring (bicyclic) bond motifs is 3. The summed E-state index contributed by atoms with van der Waals surface area (Å²) < 4.78 is 33.2. The molecule has 4 N–H and O–H groups in total. The largest absolute Gasteiger partial charge is 0.466 e. The molecule has 0 aromatic carbocycles. The van der Waals surface area contributed by atoms with Gasteiger partial charge in [0, 0.05) is 18.1 Å². The number of aliphatic hydroxyl groups excluding tert-OH is 4. The molecule has 2 saturated heterocycles. The van der Waals surface area contributed by atoms with Gasteiger partial charge in [-0.3, -0.25) is 4.79 Å². The van der Waals surface area contributed by atoms with E-state index in [2.05, 4.69) is 0 Å². The zero-order valence-corrected chi connectivity index (χ0v) is 23.4. The van der Waals surface area contributed by atoms with Crippen LogP contribution in [0.15, 0.2) is 23.3 Å². The average Bonchev–Trinajstić information content (AvgIpc) is 3.33. The van der Waals surface area contributed by atoms with Gasteiger partial charge in [0.2, 0.25) is 6.29 Å². The van der Waals surface area contributed by atoms with E-state index in [0.717, 1.165) is 0 Å². The second kappa shape index (κ2) is 11.0. The predicted octanol–water partition coefficient (Wildman–Crippen LogP) is -0.515. The highest BCUT2D eigenvalue weighted by molar-refractivity contribution is 5.93. The number of carbonyl (C=O) groups excluding carboxylic acids is 3. The van der Waals surface area contributed by atoms with Crippen molar-refractivity contribution in [2.75, 3.05) is 20.8 Å². The Balaban J connectivity index is 1.53. The first-order valence-electron chi connectivity index (χ1n) is 13.8. The second-order valence-electron chi connectivity index (χ2n) is 11.9. The molecule has 2 aliphatic carbocycles. The fraction of sp³-hybridized carbons (Fsp3) is 0.750. The molecule has 1 saturated carbocycles. The van der Waals surface area contributed by atoms with Crippen molar-refractivity contribution in [1.29, 1.82) is 0 Å². The molecule has 0 aromatic rings. The van der Waals surface area contributed by atoms with Crippen molar-refractivity contribution < 1.29 is 63.2 Å². The molecule has 0 aromatic heterocycles. The molecule has 0 spiro atoms. The highest BCUT2D eigenvalue weighted by atomic mass is 16.7. The fourth-order valence-electron chi connectivity index (χ4n) is 7.70. The number of cyclic esters (lactones) is 2. The van der Waals surface area contributed by atoms with Crippen molar-refractivity contribution in [3.05, 3.63) is 23.3 Å². The van der Waals surface area contributed by atoms with E-state index in [1.54, 1.807) is 6.08 Å². The Labute approximate surface area is 237 Å². The minimum Gasteiger partial charge on any atom is -0.466 e.